The van der Waals surface area contributed by atoms with E-state index in [2.05, 4.69) is 58.0 Å². The molecule has 0 aromatic heterocycles. The Morgan fingerprint density at radius 3 is 2.68 bits per heavy atom. The number of carbonyl (C=O) groups is 1. The zero-order valence-corrected chi connectivity index (χ0v) is 22.2. The zero-order chi connectivity index (χ0) is 26.3. The highest BCUT2D eigenvalue weighted by Gasteiger charge is 2.43. The normalized spacial score (nSPS) is 19.1. The van der Waals surface area contributed by atoms with Gasteiger partial charge in [-0.15, -0.1) is 0 Å². The Hall–Kier alpha value is -3.51. The molecule has 0 saturated heterocycles. The number of carbonyl (C=O) groups excluding carboxylic acids is 1. The van der Waals surface area contributed by atoms with Crippen LogP contribution in [-0.4, -0.2) is 24.7 Å². The summed E-state index contributed by atoms with van der Waals surface area (Å²) < 4.78 is 24.3. The molecule has 2 N–H and O–H groups in total. The fourth-order valence-electron chi connectivity index (χ4n) is 5.69. The Labute approximate surface area is 218 Å². The summed E-state index contributed by atoms with van der Waals surface area (Å²) in [4.78, 5) is 11.3. The highest BCUT2D eigenvalue weighted by atomic mass is 16.6. The molecule has 0 saturated carbocycles. The number of benzene rings is 3. The predicted octanol–water partition coefficient (Wildman–Crippen LogP) is 6.15. The first-order valence-corrected chi connectivity index (χ1v) is 12.9. The van der Waals surface area contributed by atoms with Crippen molar-refractivity contribution in [3.05, 3.63) is 76.3 Å². The maximum atomic E-state index is 11.3. The lowest BCUT2D eigenvalue weighted by Gasteiger charge is -2.26. The summed E-state index contributed by atoms with van der Waals surface area (Å²) in [6, 6.07) is 16.4. The van der Waals surface area contributed by atoms with Gasteiger partial charge in [0.25, 0.3) is 0 Å². The van der Waals surface area contributed by atoms with Crippen LogP contribution in [0.5, 0.6) is 17.2 Å². The van der Waals surface area contributed by atoms with Gasteiger partial charge in [-0.2, -0.15) is 0 Å². The third kappa shape index (κ3) is 4.78. The molecule has 2 aliphatic rings. The molecule has 2 heterocycles. The number of rotatable bonds is 8. The minimum absolute atomic E-state index is 0.00957. The first kappa shape index (κ1) is 25.2. The molecule has 37 heavy (non-hydrogen) atoms. The number of hydrogen-bond donors (Lipinski definition) is 1. The van der Waals surface area contributed by atoms with Crippen LogP contribution in [0.15, 0.2) is 48.5 Å². The van der Waals surface area contributed by atoms with Crippen molar-refractivity contribution in [3.63, 3.8) is 0 Å². The molecule has 6 heteroatoms. The fourth-order valence-corrected chi connectivity index (χ4v) is 5.69. The largest absolute Gasteiger partial charge is 0.492 e. The van der Waals surface area contributed by atoms with Crippen LogP contribution < -0.4 is 19.9 Å². The van der Waals surface area contributed by atoms with Crippen LogP contribution in [0.25, 0.3) is 11.1 Å². The number of ether oxygens (including phenoxy) is 4. The van der Waals surface area contributed by atoms with E-state index in [-0.39, 0.29) is 24.3 Å². The van der Waals surface area contributed by atoms with Gasteiger partial charge in [0.2, 0.25) is 5.91 Å². The summed E-state index contributed by atoms with van der Waals surface area (Å²) in [5.74, 6) is 2.10. The summed E-state index contributed by atoms with van der Waals surface area (Å²) >= 11 is 0. The van der Waals surface area contributed by atoms with Crippen LogP contribution in [0.3, 0.4) is 0 Å². The van der Waals surface area contributed by atoms with Gasteiger partial charge in [0.1, 0.15) is 35.6 Å². The molecule has 0 radical (unpaired) electrons. The Balaban J connectivity index is 1.37. The second-order valence-corrected chi connectivity index (χ2v) is 10.5. The molecule has 194 valence electrons. The van der Waals surface area contributed by atoms with Crippen molar-refractivity contribution in [3.8, 4) is 28.4 Å². The van der Waals surface area contributed by atoms with Gasteiger partial charge in [0.05, 0.1) is 6.61 Å². The van der Waals surface area contributed by atoms with Gasteiger partial charge in [0.15, 0.2) is 0 Å². The lowest BCUT2D eigenvalue weighted by Crippen LogP contribution is -2.32. The molecule has 2 atom stereocenters. The van der Waals surface area contributed by atoms with E-state index in [1.165, 1.54) is 16.7 Å². The van der Waals surface area contributed by atoms with E-state index in [4.69, 9.17) is 24.7 Å². The summed E-state index contributed by atoms with van der Waals surface area (Å²) in [7, 11) is 0. The molecule has 0 spiro atoms. The second kappa shape index (κ2) is 9.75. The molecule has 2 aliphatic heterocycles. The monoisotopic (exact) mass is 501 g/mol. The molecule has 3 aromatic rings. The number of fused-ring (bicyclic) bond motifs is 2. The van der Waals surface area contributed by atoms with E-state index >= 15 is 0 Å². The number of hydrogen-bond acceptors (Lipinski definition) is 5. The third-order valence-electron chi connectivity index (χ3n) is 7.32. The van der Waals surface area contributed by atoms with E-state index in [9.17, 15) is 4.79 Å². The lowest BCUT2D eigenvalue weighted by atomic mass is 9.87. The van der Waals surface area contributed by atoms with Crippen LogP contribution in [0.1, 0.15) is 67.0 Å². The number of primary amides is 1. The number of amides is 1. The summed E-state index contributed by atoms with van der Waals surface area (Å²) in [6.07, 6.45) is 0.180. The summed E-state index contributed by atoms with van der Waals surface area (Å²) in [5.41, 5.74) is 12.9. The molecular formula is C31H35NO5. The van der Waals surface area contributed by atoms with Crippen LogP contribution in [-0.2, 0) is 16.1 Å². The van der Waals surface area contributed by atoms with Gasteiger partial charge < -0.3 is 24.7 Å². The molecular weight excluding hydrogens is 466 g/mol. The van der Waals surface area contributed by atoms with E-state index in [0.717, 1.165) is 39.5 Å². The molecule has 6 nitrogen and oxygen atoms in total. The third-order valence-corrected chi connectivity index (χ3v) is 7.32. The Bertz CT molecular complexity index is 1350. The summed E-state index contributed by atoms with van der Waals surface area (Å²) in [5, 5.41) is 0. The average molecular weight is 502 g/mol. The molecule has 2 unspecified atom stereocenters. The highest BCUT2D eigenvalue weighted by Crippen LogP contribution is 2.50. The first-order chi connectivity index (χ1) is 17.7. The van der Waals surface area contributed by atoms with Crippen molar-refractivity contribution >= 4 is 5.91 Å². The molecule has 0 bridgehead atoms. The molecule has 0 fully saturated rings. The topological polar surface area (TPSA) is 80.0 Å². The highest BCUT2D eigenvalue weighted by molar-refractivity contribution is 5.76. The minimum Gasteiger partial charge on any atom is -0.492 e. The van der Waals surface area contributed by atoms with Gasteiger partial charge in [-0.3, -0.25) is 4.79 Å². The van der Waals surface area contributed by atoms with Gasteiger partial charge in [-0.25, -0.2) is 0 Å². The number of aryl methyl sites for hydroxylation is 1. The fraction of sp³-hybridized carbons (Fsp3) is 0.387. The Morgan fingerprint density at radius 2 is 1.92 bits per heavy atom. The molecule has 1 amide bonds. The van der Waals surface area contributed by atoms with Crippen molar-refractivity contribution < 1.29 is 23.7 Å². The summed E-state index contributed by atoms with van der Waals surface area (Å²) in [6.45, 7) is 12.0. The standard InChI is InChI=1S/C31H35NO5/c1-6-34-30-29-19(3)28(18(2)12-26(29)37-31(30,4)5)21-9-7-8-20(13-21)16-35-23-10-11-24-22(14-27(32)33)17-36-25(24)15-23/h7-13,15,22,30H,6,14,16-17H2,1-5H3,(H2,32,33). The van der Waals surface area contributed by atoms with Gasteiger partial charge in [-0.05, 0) is 80.6 Å². The van der Waals surface area contributed by atoms with Gasteiger partial charge >= 0.3 is 0 Å². The maximum Gasteiger partial charge on any atom is 0.218 e. The average Bonchev–Trinajstić information content (AvgIpc) is 3.34. The van der Waals surface area contributed by atoms with Crippen molar-refractivity contribution in [2.24, 2.45) is 5.73 Å². The quantitative estimate of drug-likeness (QED) is 0.400. The van der Waals surface area contributed by atoms with E-state index < -0.39 is 5.60 Å². The SMILES string of the molecule is CCOC1c2c(cc(C)c(-c3cccc(COc4ccc5c(c4)OCC5CC(N)=O)c3)c2C)OC1(C)C. The smallest absolute Gasteiger partial charge is 0.218 e. The Morgan fingerprint density at radius 1 is 1.11 bits per heavy atom. The van der Waals surface area contributed by atoms with Crippen LogP contribution in [0.2, 0.25) is 0 Å². The number of nitrogens with two attached hydrogens (primary N) is 1. The zero-order valence-electron chi connectivity index (χ0n) is 22.2. The minimum atomic E-state index is -0.413. The molecule has 5 rings (SSSR count). The van der Waals surface area contributed by atoms with Crippen LogP contribution >= 0.6 is 0 Å². The van der Waals surface area contributed by atoms with Gasteiger partial charge in [-0.1, -0.05) is 24.3 Å². The van der Waals surface area contributed by atoms with Crippen LogP contribution in [0.4, 0.5) is 0 Å². The van der Waals surface area contributed by atoms with E-state index in [1.54, 1.807) is 0 Å². The van der Waals surface area contributed by atoms with Crippen LogP contribution in [0, 0.1) is 13.8 Å². The van der Waals surface area contributed by atoms with Crippen molar-refractivity contribution in [1.82, 2.24) is 0 Å². The van der Waals surface area contributed by atoms with E-state index in [1.807, 2.05) is 25.1 Å². The lowest BCUT2D eigenvalue weighted by molar-refractivity contribution is -0.118. The van der Waals surface area contributed by atoms with Crippen molar-refractivity contribution in [1.29, 1.82) is 0 Å². The molecule has 0 aliphatic carbocycles. The first-order valence-electron chi connectivity index (χ1n) is 12.9. The van der Waals surface area contributed by atoms with Crippen molar-refractivity contribution in [2.75, 3.05) is 13.2 Å². The maximum absolute atomic E-state index is 11.3. The predicted molar refractivity (Wildman–Crippen MR) is 143 cm³/mol. The van der Waals surface area contributed by atoms with Gasteiger partial charge in [0, 0.05) is 36.1 Å². The van der Waals surface area contributed by atoms with Crippen molar-refractivity contribution in [2.45, 2.75) is 65.3 Å². The Kier molecular flexibility index (Phi) is 6.63. The second-order valence-electron chi connectivity index (χ2n) is 10.5. The van der Waals surface area contributed by atoms with E-state index in [0.29, 0.717) is 19.8 Å². The molecule has 3 aromatic carbocycles.